The van der Waals surface area contributed by atoms with Crippen molar-refractivity contribution >= 4 is 18.0 Å². The smallest absolute Gasteiger partial charge is 0.407 e. The first-order valence-corrected chi connectivity index (χ1v) is 12.1. The third kappa shape index (κ3) is 4.75. The monoisotopic (exact) mass is 478 g/mol. The van der Waals surface area contributed by atoms with Gasteiger partial charge in [0.05, 0.1) is 13.1 Å². The van der Waals surface area contributed by atoms with Crippen LogP contribution in [0.4, 0.5) is 4.79 Å². The zero-order chi connectivity index (χ0) is 24.6. The Hall–Kier alpha value is -3.39. The van der Waals surface area contributed by atoms with Crippen LogP contribution >= 0.6 is 0 Å². The van der Waals surface area contributed by atoms with Crippen LogP contribution in [0.2, 0.25) is 0 Å². The van der Waals surface area contributed by atoms with Crippen molar-refractivity contribution in [2.45, 2.75) is 43.7 Å². The lowest BCUT2D eigenvalue weighted by molar-refractivity contribution is -0.175. The molecule has 1 saturated carbocycles. The van der Waals surface area contributed by atoms with E-state index in [4.69, 9.17) is 14.6 Å². The molecule has 8 nitrogen and oxygen atoms in total. The topological polar surface area (TPSA) is 105 Å². The Morgan fingerprint density at radius 3 is 2.29 bits per heavy atom. The van der Waals surface area contributed by atoms with Crippen molar-refractivity contribution in [3.8, 4) is 11.1 Å². The number of hydrogen-bond donors (Lipinski definition) is 2. The van der Waals surface area contributed by atoms with Crippen LogP contribution in [0.3, 0.4) is 0 Å². The molecule has 2 amide bonds. The van der Waals surface area contributed by atoms with Crippen molar-refractivity contribution in [1.82, 2.24) is 10.2 Å². The third-order valence-corrected chi connectivity index (χ3v) is 7.35. The standard InChI is InChI=1S/C27H30N2O6/c1-27(35-14-24(30)31)15-29(16-27)25(32)17-10-11-18(12-17)28-26(33)34-13-23-21-8-4-2-6-19(21)20-7-3-5-9-22(20)23/h2-9,17-18,23H,10-16H2,1H3,(H,28,33)(H,30,31)/t17-,18+/m1/s1. The van der Waals surface area contributed by atoms with Crippen LogP contribution in [-0.2, 0) is 19.1 Å². The van der Waals surface area contributed by atoms with Crippen molar-refractivity contribution in [1.29, 1.82) is 0 Å². The van der Waals surface area contributed by atoms with Gasteiger partial charge >= 0.3 is 12.1 Å². The van der Waals surface area contributed by atoms with E-state index < -0.39 is 17.7 Å². The van der Waals surface area contributed by atoms with Gasteiger partial charge in [-0.3, -0.25) is 4.79 Å². The summed E-state index contributed by atoms with van der Waals surface area (Å²) in [7, 11) is 0. The zero-order valence-corrected chi connectivity index (χ0v) is 19.7. The molecule has 2 aliphatic carbocycles. The average molecular weight is 479 g/mol. The summed E-state index contributed by atoms with van der Waals surface area (Å²) in [5, 5.41) is 11.7. The van der Waals surface area contributed by atoms with E-state index in [9.17, 15) is 14.4 Å². The van der Waals surface area contributed by atoms with Gasteiger partial charge in [-0.2, -0.15) is 0 Å². The molecule has 8 heteroatoms. The van der Waals surface area contributed by atoms with Crippen molar-refractivity contribution in [2.75, 3.05) is 26.3 Å². The molecule has 0 aromatic heterocycles. The van der Waals surface area contributed by atoms with E-state index in [2.05, 4.69) is 29.6 Å². The number of fused-ring (bicyclic) bond motifs is 3. The van der Waals surface area contributed by atoms with Crippen LogP contribution < -0.4 is 5.32 Å². The summed E-state index contributed by atoms with van der Waals surface area (Å²) in [4.78, 5) is 37.8. The van der Waals surface area contributed by atoms with E-state index in [1.54, 1.807) is 4.90 Å². The van der Waals surface area contributed by atoms with E-state index in [1.807, 2.05) is 31.2 Å². The Labute approximate surface area is 204 Å². The number of ether oxygens (including phenoxy) is 2. The highest BCUT2D eigenvalue weighted by Gasteiger charge is 2.45. The van der Waals surface area contributed by atoms with Crippen LogP contribution in [0.1, 0.15) is 43.2 Å². The number of alkyl carbamates (subject to hydrolysis) is 1. The Morgan fingerprint density at radius 2 is 1.66 bits per heavy atom. The van der Waals surface area contributed by atoms with Crippen LogP contribution in [0.5, 0.6) is 0 Å². The van der Waals surface area contributed by atoms with Gasteiger partial charge in [0.1, 0.15) is 18.8 Å². The number of carbonyl (C=O) groups excluding carboxylic acids is 2. The molecule has 2 aromatic carbocycles. The van der Waals surface area contributed by atoms with E-state index in [1.165, 1.54) is 22.3 Å². The molecule has 5 rings (SSSR count). The summed E-state index contributed by atoms with van der Waals surface area (Å²) in [6.45, 7) is 2.49. The maximum absolute atomic E-state index is 12.8. The molecular formula is C27H30N2O6. The normalized spacial score (nSPS) is 22.1. The number of amides is 2. The van der Waals surface area contributed by atoms with Crippen molar-refractivity contribution < 1.29 is 29.0 Å². The number of hydrogen-bond acceptors (Lipinski definition) is 5. The first-order valence-electron chi connectivity index (χ1n) is 12.1. The SMILES string of the molecule is CC1(OCC(=O)O)CN(C(=O)[C@@H]2CC[C@H](NC(=O)OCC3c4ccccc4-c4ccccc43)C2)C1. The predicted octanol–water partition coefficient (Wildman–Crippen LogP) is 3.40. The van der Waals surface area contributed by atoms with Gasteiger partial charge in [-0.25, -0.2) is 9.59 Å². The summed E-state index contributed by atoms with van der Waals surface area (Å²) >= 11 is 0. The highest BCUT2D eigenvalue weighted by atomic mass is 16.5. The highest BCUT2D eigenvalue weighted by Crippen LogP contribution is 2.44. The molecule has 1 saturated heterocycles. The number of benzene rings is 2. The molecule has 2 N–H and O–H groups in total. The van der Waals surface area contributed by atoms with Gasteiger partial charge in [-0.05, 0) is 48.4 Å². The fourth-order valence-corrected chi connectivity index (χ4v) is 5.65. The van der Waals surface area contributed by atoms with E-state index in [0.717, 1.165) is 6.42 Å². The largest absolute Gasteiger partial charge is 0.480 e. The first-order chi connectivity index (χ1) is 16.8. The molecule has 184 valence electrons. The lowest BCUT2D eigenvalue weighted by Gasteiger charge is -2.48. The fourth-order valence-electron chi connectivity index (χ4n) is 5.65. The van der Waals surface area contributed by atoms with Crippen LogP contribution in [-0.4, -0.2) is 65.9 Å². The molecule has 0 bridgehead atoms. The minimum Gasteiger partial charge on any atom is -0.480 e. The minimum absolute atomic E-state index is 0.00938. The number of nitrogens with zero attached hydrogens (tertiary/aromatic N) is 1. The molecule has 1 heterocycles. The summed E-state index contributed by atoms with van der Waals surface area (Å²) in [6.07, 6.45) is 1.55. The van der Waals surface area contributed by atoms with Gasteiger partial charge in [0.15, 0.2) is 0 Å². The number of carboxylic acids is 1. The molecule has 0 unspecified atom stereocenters. The van der Waals surface area contributed by atoms with E-state index >= 15 is 0 Å². The maximum atomic E-state index is 12.8. The summed E-state index contributed by atoms with van der Waals surface area (Å²) in [5.74, 6) is -1.12. The second-order valence-electron chi connectivity index (χ2n) is 10.0. The van der Waals surface area contributed by atoms with Gasteiger partial charge in [0.2, 0.25) is 5.91 Å². The number of nitrogens with one attached hydrogen (secondary N) is 1. The second kappa shape index (κ2) is 9.34. The predicted molar refractivity (Wildman–Crippen MR) is 128 cm³/mol. The molecule has 0 radical (unpaired) electrons. The molecule has 2 atom stereocenters. The Morgan fingerprint density at radius 1 is 1.03 bits per heavy atom. The molecule has 2 fully saturated rings. The lowest BCUT2D eigenvalue weighted by atomic mass is 9.93. The maximum Gasteiger partial charge on any atom is 0.407 e. The Balaban J connectivity index is 1.10. The highest BCUT2D eigenvalue weighted by molar-refractivity contribution is 5.81. The number of rotatable bonds is 7. The van der Waals surface area contributed by atoms with E-state index in [-0.39, 0.29) is 37.0 Å². The molecule has 2 aromatic rings. The summed E-state index contributed by atoms with van der Waals surface area (Å²) < 4.78 is 11.0. The third-order valence-electron chi connectivity index (χ3n) is 7.35. The lowest BCUT2D eigenvalue weighted by Crippen LogP contribution is -2.64. The molecule has 35 heavy (non-hydrogen) atoms. The van der Waals surface area contributed by atoms with Crippen molar-refractivity contribution in [3.63, 3.8) is 0 Å². The van der Waals surface area contributed by atoms with Crippen LogP contribution in [0.25, 0.3) is 11.1 Å². The number of likely N-dealkylation sites (tertiary alicyclic amines) is 1. The van der Waals surface area contributed by atoms with Crippen LogP contribution in [0, 0.1) is 5.92 Å². The van der Waals surface area contributed by atoms with Gasteiger partial charge in [-0.1, -0.05) is 48.5 Å². The summed E-state index contributed by atoms with van der Waals surface area (Å²) in [5.41, 5.74) is 4.10. The van der Waals surface area contributed by atoms with E-state index in [0.29, 0.717) is 25.9 Å². The van der Waals surface area contributed by atoms with Gasteiger partial charge in [0.25, 0.3) is 0 Å². The molecule has 0 spiro atoms. The number of carboxylic acid groups (broad SMARTS) is 1. The summed E-state index contributed by atoms with van der Waals surface area (Å²) in [6, 6.07) is 16.3. The average Bonchev–Trinajstić information content (AvgIpc) is 3.42. The van der Waals surface area contributed by atoms with Crippen molar-refractivity contribution in [3.05, 3.63) is 59.7 Å². The fraction of sp³-hybridized carbons (Fsp3) is 0.444. The second-order valence-corrected chi connectivity index (χ2v) is 10.0. The molecular weight excluding hydrogens is 448 g/mol. The van der Waals surface area contributed by atoms with Gasteiger partial charge in [0, 0.05) is 17.9 Å². The molecule has 3 aliphatic rings. The van der Waals surface area contributed by atoms with Gasteiger partial charge in [-0.15, -0.1) is 0 Å². The molecule has 1 aliphatic heterocycles. The zero-order valence-electron chi connectivity index (χ0n) is 19.7. The van der Waals surface area contributed by atoms with Crippen LogP contribution in [0.15, 0.2) is 48.5 Å². The minimum atomic E-state index is -1.02. The number of aliphatic carboxylic acids is 1. The quantitative estimate of drug-likeness (QED) is 0.632. The van der Waals surface area contributed by atoms with Crippen molar-refractivity contribution in [2.24, 2.45) is 5.92 Å². The Kier molecular flexibility index (Phi) is 6.23. The first kappa shape index (κ1) is 23.4. The number of carbonyl (C=O) groups is 3. The van der Waals surface area contributed by atoms with Gasteiger partial charge < -0.3 is 24.8 Å². The Bertz CT molecular complexity index is 1100.